The Bertz CT molecular complexity index is 1150. The van der Waals surface area contributed by atoms with Crippen molar-refractivity contribution >= 4 is 49.5 Å². The fourth-order valence-corrected chi connectivity index (χ4v) is 3.97. The van der Waals surface area contributed by atoms with Gasteiger partial charge in [-0.05, 0) is 37.3 Å². The maximum Gasteiger partial charge on any atom is 0.338 e. The number of esters is 1. The Morgan fingerprint density at radius 3 is 2.42 bits per heavy atom. The number of carbonyl (C=O) groups excluding carboxylic acids is 1. The summed E-state index contributed by atoms with van der Waals surface area (Å²) in [6.45, 7) is 1.92. The van der Waals surface area contributed by atoms with Crippen LogP contribution in [-0.4, -0.2) is 33.5 Å². The van der Waals surface area contributed by atoms with E-state index in [4.69, 9.17) is 9.15 Å². The van der Waals surface area contributed by atoms with Crippen LogP contribution in [-0.2, 0) is 26.3 Å². The second-order valence-corrected chi connectivity index (χ2v) is 8.30. The van der Waals surface area contributed by atoms with Crippen LogP contribution in [0.25, 0.3) is 21.9 Å². The zero-order valence-corrected chi connectivity index (χ0v) is 16.0. The molecule has 3 rings (SSSR count). The van der Waals surface area contributed by atoms with Gasteiger partial charge in [-0.2, -0.15) is 0 Å². The topological polar surface area (TPSA) is 90.7 Å². The summed E-state index contributed by atoms with van der Waals surface area (Å²) >= 11 is 0. The molecule has 1 heterocycles. The summed E-state index contributed by atoms with van der Waals surface area (Å²) in [7, 11) is -2.79. The maximum atomic E-state index is 13.0. The summed E-state index contributed by atoms with van der Waals surface area (Å²) in [5.41, 5.74) is 0.320. The van der Waals surface area contributed by atoms with Gasteiger partial charge in [-0.1, -0.05) is 0 Å². The molecule has 136 valence electrons. The van der Waals surface area contributed by atoms with E-state index in [0.29, 0.717) is 9.79 Å². The quantitative estimate of drug-likeness (QED) is 0.501. The lowest BCUT2D eigenvalue weighted by molar-refractivity contribution is 0.0526. The minimum Gasteiger partial charge on any atom is -0.462 e. The monoisotopic (exact) mass is 392 g/mol. The summed E-state index contributed by atoms with van der Waals surface area (Å²) < 4.78 is 34.7. The Labute approximate surface area is 154 Å². The van der Waals surface area contributed by atoms with Gasteiger partial charge in [0.15, 0.2) is 5.58 Å². The number of rotatable bonds is 4. The van der Waals surface area contributed by atoms with Gasteiger partial charge in [0.25, 0.3) is 0 Å². The van der Waals surface area contributed by atoms with Crippen molar-refractivity contribution in [2.24, 2.45) is 0 Å². The molecule has 2 atom stereocenters. The Kier molecular flexibility index (Phi) is 5.06. The van der Waals surface area contributed by atoms with Crippen LogP contribution in [0.15, 0.2) is 49.3 Å². The molecule has 3 aromatic rings. The second-order valence-electron chi connectivity index (χ2n) is 5.57. The summed E-state index contributed by atoms with van der Waals surface area (Å²) in [5.74, 6) is -0.535. The molecule has 0 saturated heterocycles. The zero-order valence-electron chi connectivity index (χ0n) is 14.4. The number of hydrogen-bond acceptors (Lipinski definition) is 6. The fourth-order valence-electron chi connectivity index (χ4n) is 2.62. The molecule has 0 aliphatic heterocycles. The van der Waals surface area contributed by atoms with E-state index in [0.717, 1.165) is 0 Å². The zero-order chi connectivity index (χ0) is 19.0. The van der Waals surface area contributed by atoms with Gasteiger partial charge in [0, 0.05) is 28.2 Å². The molecule has 0 radical (unpaired) electrons. The molecule has 0 N–H and O–H groups in total. The molecule has 0 aliphatic rings. The minimum absolute atomic E-state index is 0.177. The van der Waals surface area contributed by atoms with Gasteiger partial charge >= 0.3 is 5.97 Å². The highest BCUT2D eigenvalue weighted by molar-refractivity contribution is 7.85. The highest BCUT2D eigenvalue weighted by Gasteiger charge is 2.18. The molecular weight excluding hydrogens is 376 g/mol. The molecule has 2 aromatic carbocycles. The van der Waals surface area contributed by atoms with E-state index in [2.05, 4.69) is 0 Å². The molecule has 0 aliphatic carbocycles. The molecule has 0 amide bonds. The van der Waals surface area contributed by atoms with Crippen LogP contribution in [0.2, 0.25) is 0 Å². The van der Waals surface area contributed by atoms with Crippen LogP contribution in [0.3, 0.4) is 0 Å². The standard InChI is InChI=1S/C18H16O6S2/c1-4-23-18(20)10-5-6-14-12(7-10)16(19)13-8-11(25(2)21)9-15(26(3)22)17(13)24-14/h5-9H,4H2,1-3H3. The number of hydrogen-bond donors (Lipinski definition) is 0. The normalized spacial score (nSPS) is 13.7. The van der Waals surface area contributed by atoms with Gasteiger partial charge in [-0.25, -0.2) is 4.79 Å². The van der Waals surface area contributed by atoms with Gasteiger partial charge in [-0.15, -0.1) is 0 Å². The van der Waals surface area contributed by atoms with Gasteiger partial charge < -0.3 is 9.15 Å². The predicted octanol–water partition coefficient (Wildman–Crippen LogP) is 2.60. The first-order valence-electron chi connectivity index (χ1n) is 7.72. The molecule has 1 aromatic heterocycles. The van der Waals surface area contributed by atoms with Gasteiger partial charge in [-0.3, -0.25) is 13.2 Å². The predicted molar refractivity (Wildman–Crippen MR) is 101 cm³/mol. The summed E-state index contributed by atoms with van der Waals surface area (Å²) in [4.78, 5) is 25.6. The van der Waals surface area contributed by atoms with Crippen molar-refractivity contribution in [3.05, 3.63) is 46.1 Å². The fraction of sp³-hybridized carbons (Fsp3) is 0.222. The smallest absolute Gasteiger partial charge is 0.338 e. The number of ether oxygens (including phenoxy) is 1. The molecular formula is C18H16O6S2. The van der Waals surface area contributed by atoms with Crippen molar-refractivity contribution in [1.29, 1.82) is 0 Å². The lowest BCUT2D eigenvalue weighted by Crippen LogP contribution is -2.08. The molecule has 0 bridgehead atoms. The third-order valence-electron chi connectivity index (χ3n) is 3.86. The summed E-state index contributed by atoms with van der Waals surface area (Å²) in [6.07, 6.45) is 2.94. The van der Waals surface area contributed by atoms with Crippen molar-refractivity contribution in [2.45, 2.75) is 16.7 Å². The Balaban J connectivity index is 2.39. The van der Waals surface area contributed by atoms with Crippen molar-refractivity contribution in [3.8, 4) is 0 Å². The van der Waals surface area contributed by atoms with Crippen molar-refractivity contribution in [3.63, 3.8) is 0 Å². The van der Waals surface area contributed by atoms with Crippen LogP contribution >= 0.6 is 0 Å². The highest BCUT2D eigenvalue weighted by Crippen LogP contribution is 2.27. The number of carbonyl (C=O) groups is 1. The highest BCUT2D eigenvalue weighted by atomic mass is 32.2. The Morgan fingerprint density at radius 1 is 1.08 bits per heavy atom. The van der Waals surface area contributed by atoms with E-state index in [-0.39, 0.29) is 39.5 Å². The third kappa shape index (κ3) is 3.22. The molecule has 0 spiro atoms. The van der Waals surface area contributed by atoms with Crippen molar-refractivity contribution in [1.82, 2.24) is 0 Å². The van der Waals surface area contributed by atoms with E-state index in [9.17, 15) is 18.0 Å². The minimum atomic E-state index is -1.44. The van der Waals surface area contributed by atoms with E-state index in [1.807, 2.05) is 0 Å². The average molecular weight is 392 g/mol. The first-order valence-corrected chi connectivity index (χ1v) is 10.8. The van der Waals surface area contributed by atoms with Crippen LogP contribution in [0.5, 0.6) is 0 Å². The van der Waals surface area contributed by atoms with Crippen LogP contribution in [0, 0.1) is 0 Å². The number of fused-ring (bicyclic) bond motifs is 2. The molecule has 26 heavy (non-hydrogen) atoms. The lowest BCUT2D eigenvalue weighted by atomic mass is 10.1. The molecule has 2 unspecified atom stereocenters. The molecule has 6 nitrogen and oxygen atoms in total. The van der Waals surface area contributed by atoms with Gasteiger partial charge in [0.2, 0.25) is 5.43 Å². The van der Waals surface area contributed by atoms with E-state index in [1.54, 1.807) is 6.92 Å². The van der Waals surface area contributed by atoms with E-state index in [1.165, 1.54) is 42.8 Å². The number of benzene rings is 2. The molecule has 0 saturated carbocycles. The van der Waals surface area contributed by atoms with Gasteiger partial charge in [0.05, 0.1) is 38.6 Å². The molecule has 8 heteroatoms. The Hall–Kier alpha value is -2.32. The average Bonchev–Trinajstić information content (AvgIpc) is 2.61. The Morgan fingerprint density at radius 2 is 1.81 bits per heavy atom. The van der Waals surface area contributed by atoms with Crippen LogP contribution in [0.4, 0.5) is 0 Å². The van der Waals surface area contributed by atoms with Gasteiger partial charge in [0.1, 0.15) is 5.58 Å². The second kappa shape index (κ2) is 7.13. The van der Waals surface area contributed by atoms with Crippen LogP contribution in [0.1, 0.15) is 17.3 Å². The van der Waals surface area contributed by atoms with Crippen molar-refractivity contribution < 1.29 is 22.4 Å². The maximum absolute atomic E-state index is 13.0. The lowest BCUT2D eigenvalue weighted by Gasteiger charge is -2.08. The first-order chi connectivity index (χ1) is 12.3. The summed E-state index contributed by atoms with van der Waals surface area (Å²) in [5, 5.41) is 0.381. The third-order valence-corrected chi connectivity index (χ3v) is 5.68. The SMILES string of the molecule is CCOC(=O)c1ccc2oc3c(S(C)=O)cc(S(C)=O)cc3c(=O)c2c1. The largest absolute Gasteiger partial charge is 0.462 e. The van der Waals surface area contributed by atoms with E-state index < -0.39 is 27.6 Å². The first kappa shape index (κ1) is 18.5. The van der Waals surface area contributed by atoms with Crippen LogP contribution < -0.4 is 5.43 Å². The molecule has 0 fully saturated rings. The summed E-state index contributed by atoms with van der Waals surface area (Å²) in [6, 6.07) is 7.43. The van der Waals surface area contributed by atoms with Crippen molar-refractivity contribution in [2.75, 3.05) is 19.1 Å². The van der Waals surface area contributed by atoms with E-state index >= 15 is 0 Å².